The quantitative estimate of drug-likeness (QED) is 0.932. The van der Waals surface area contributed by atoms with Crippen molar-refractivity contribution in [2.24, 2.45) is 7.05 Å². The maximum absolute atomic E-state index is 12.3. The van der Waals surface area contributed by atoms with Crippen LogP contribution in [0.3, 0.4) is 0 Å². The first-order chi connectivity index (χ1) is 10.1. The zero-order valence-corrected chi connectivity index (χ0v) is 12.7. The molecule has 0 bridgehead atoms. The van der Waals surface area contributed by atoms with Crippen LogP contribution >= 0.6 is 0 Å². The Kier molecular flexibility index (Phi) is 3.92. The molecule has 1 unspecified atom stereocenters. The number of fused-ring (bicyclic) bond motifs is 1. The van der Waals surface area contributed by atoms with E-state index in [9.17, 15) is 4.79 Å². The van der Waals surface area contributed by atoms with Crippen molar-refractivity contribution in [3.05, 3.63) is 30.1 Å². The van der Waals surface area contributed by atoms with Crippen molar-refractivity contribution in [1.82, 2.24) is 19.8 Å². The van der Waals surface area contributed by atoms with Gasteiger partial charge in [0.2, 0.25) is 0 Å². The predicted octanol–water partition coefficient (Wildman–Crippen LogP) is 1.79. The van der Waals surface area contributed by atoms with Crippen molar-refractivity contribution in [2.75, 3.05) is 19.6 Å². The highest BCUT2D eigenvalue weighted by Crippen LogP contribution is 2.14. The number of benzene rings is 1. The summed E-state index contributed by atoms with van der Waals surface area (Å²) in [5.74, 6) is -0.0192. The Morgan fingerprint density at radius 1 is 1.38 bits per heavy atom. The van der Waals surface area contributed by atoms with E-state index in [1.807, 2.05) is 29.8 Å². The van der Waals surface area contributed by atoms with Gasteiger partial charge in [-0.25, -0.2) is 4.98 Å². The van der Waals surface area contributed by atoms with E-state index in [-0.39, 0.29) is 11.9 Å². The molecule has 1 aliphatic rings. The minimum atomic E-state index is -0.0192. The molecule has 1 aromatic carbocycles. The van der Waals surface area contributed by atoms with Gasteiger partial charge in [-0.2, -0.15) is 0 Å². The highest BCUT2D eigenvalue weighted by atomic mass is 16.1. The first-order valence-electron chi connectivity index (χ1n) is 7.58. The summed E-state index contributed by atoms with van der Waals surface area (Å²) in [7, 11) is 1.95. The smallest absolute Gasteiger partial charge is 0.251 e. The molecule has 1 aliphatic heterocycles. The molecule has 1 fully saturated rings. The van der Waals surface area contributed by atoms with Crippen molar-refractivity contribution in [1.29, 1.82) is 0 Å². The third kappa shape index (κ3) is 3.08. The number of carbonyl (C=O) groups excluding carboxylic acids is 1. The second kappa shape index (κ2) is 5.85. The van der Waals surface area contributed by atoms with Crippen molar-refractivity contribution >= 4 is 16.9 Å². The van der Waals surface area contributed by atoms with Crippen molar-refractivity contribution in [2.45, 2.75) is 25.8 Å². The molecule has 0 spiro atoms. The Labute approximate surface area is 125 Å². The van der Waals surface area contributed by atoms with E-state index < -0.39 is 0 Å². The normalized spacial score (nSPS) is 17.2. The second-order valence-electron chi connectivity index (χ2n) is 5.94. The number of amides is 1. The van der Waals surface area contributed by atoms with Gasteiger partial charge < -0.3 is 14.8 Å². The lowest BCUT2D eigenvalue weighted by molar-refractivity contribution is 0.0932. The standard InChI is InChI=1S/C16H22N4O/c1-12(10-20-7-3-4-8-20)18-16(21)13-5-6-15-14(9-13)17-11-19(15)2/h5-6,9,11-12H,3-4,7-8,10H2,1-2H3,(H,18,21). The van der Waals surface area contributed by atoms with E-state index in [4.69, 9.17) is 0 Å². The molecule has 112 valence electrons. The zero-order valence-electron chi connectivity index (χ0n) is 12.7. The monoisotopic (exact) mass is 286 g/mol. The van der Waals surface area contributed by atoms with Crippen LogP contribution in [0.15, 0.2) is 24.5 Å². The third-order valence-electron chi connectivity index (χ3n) is 4.10. The Hall–Kier alpha value is -1.88. The number of likely N-dealkylation sites (tertiary alicyclic amines) is 1. The first kappa shape index (κ1) is 14.1. The van der Waals surface area contributed by atoms with Gasteiger partial charge >= 0.3 is 0 Å². The maximum atomic E-state index is 12.3. The molecule has 5 heteroatoms. The minimum Gasteiger partial charge on any atom is -0.348 e. The van der Waals surface area contributed by atoms with Crippen molar-refractivity contribution in [3.8, 4) is 0 Å². The lowest BCUT2D eigenvalue weighted by Crippen LogP contribution is -2.41. The Balaban J connectivity index is 1.65. The molecule has 1 saturated heterocycles. The van der Waals surface area contributed by atoms with E-state index >= 15 is 0 Å². The van der Waals surface area contributed by atoms with Crippen LogP contribution in [0.5, 0.6) is 0 Å². The fourth-order valence-corrected chi connectivity index (χ4v) is 2.98. The number of hydrogen-bond donors (Lipinski definition) is 1. The van der Waals surface area contributed by atoms with Gasteiger partial charge in [0.1, 0.15) is 0 Å². The highest BCUT2D eigenvalue weighted by molar-refractivity contribution is 5.97. The Morgan fingerprint density at radius 2 is 2.14 bits per heavy atom. The topological polar surface area (TPSA) is 50.2 Å². The van der Waals surface area contributed by atoms with E-state index in [1.165, 1.54) is 12.8 Å². The number of hydrogen-bond acceptors (Lipinski definition) is 3. The molecule has 1 N–H and O–H groups in total. The molecule has 0 saturated carbocycles. The number of rotatable bonds is 4. The predicted molar refractivity (Wildman–Crippen MR) is 83.3 cm³/mol. The number of nitrogens with zero attached hydrogens (tertiary/aromatic N) is 3. The van der Waals surface area contributed by atoms with E-state index in [1.54, 1.807) is 6.33 Å². The van der Waals surface area contributed by atoms with Crippen molar-refractivity contribution < 1.29 is 4.79 Å². The number of aryl methyl sites for hydroxylation is 1. The summed E-state index contributed by atoms with van der Waals surface area (Å²) in [6.45, 7) is 5.30. The van der Waals surface area contributed by atoms with Crippen LogP contribution < -0.4 is 5.32 Å². The van der Waals surface area contributed by atoms with Gasteiger partial charge in [0.15, 0.2) is 0 Å². The van der Waals surface area contributed by atoms with Crippen LogP contribution in [-0.2, 0) is 7.05 Å². The zero-order chi connectivity index (χ0) is 14.8. The maximum Gasteiger partial charge on any atom is 0.251 e. The number of imidazole rings is 1. The van der Waals surface area contributed by atoms with E-state index in [0.29, 0.717) is 5.56 Å². The number of nitrogens with one attached hydrogen (secondary N) is 1. The average molecular weight is 286 g/mol. The van der Waals surface area contributed by atoms with Gasteiger partial charge in [0, 0.05) is 25.2 Å². The summed E-state index contributed by atoms with van der Waals surface area (Å²) in [4.78, 5) is 19.0. The third-order valence-corrected chi connectivity index (χ3v) is 4.10. The van der Waals surface area contributed by atoms with Crippen LogP contribution in [0.4, 0.5) is 0 Å². The summed E-state index contributed by atoms with van der Waals surface area (Å²) in [5.41, 5.74) is 2.57. The lowest BCUT2D eigenvalue weighted by Gasteiger charge is -2.21. The summed E-state index contributed by atoms with van der Waals surface area (Å²) >= 11 is 0. The second-order valence-corrected chi connectivity index (χ2v) is 5.94. The van der Waals surface area contributed by atoms with Gasteiger partial charge in [-0.3, -0.25) is 4.79 Å². The molecule has 0 radical (unpaired) electrons. The lowest BCUT2D eigenvalue weighted by atomic mass is 10.1. The summed E-state index contributed by atoms with van der Waals surface area (Å²) in [6, 6.07) is 5.83. The van der Waals surface area contributed by atoms with E-state index in [0.717, 1.165) is 30.7 Å². The van der Waals surface area contributed by atoms with Gasteiger partial charge in [0.25, 0.3) is 5.91 Å². The molecule has 2 heterocycles. The van der Waals surface area contributed by atoms with Crippen LogP contribution in [0.1, 0.15) is 30.1 Å². The van der Waals surface area contributed by atoms with Crippen LogP contribution in [-0.4, -0.2) is 46.0 Å². The molecule has 1 aromatic heterocycles. The first-order valence-corrected chi connectivity index (χ1v) is 7.58. The molecular weight excluding hydrogens is 264 g/mol. The largest absolute Gasteiger partial charge is 0.348 e. The molecule has 21 heavy (non-hydrogen) atoms. The molecule has 0 aliphatic carbocycles. The SMILES string of the molecule is CC(CN1CCCC1)NC(=O)c1ccc2c(c1)ncn2C. The van der Waals surface area contributed by atoms with Gasteiger partial charge in [-0.1, -0.05) is 0 Å². The number of carbonyl (C=O) groups is 1. The fraction of sp³-hybridized carbons (Fsp3) is 0.500. The van der Waals surface area contributed by atoms with Gasteiger partial charge in [0.05, 0.1) is 17.4 Å². The van der Waals surface area contributed by atoms with Crippen LogP contribution in [0.25, 0.3) is 11.0 Å². The van der Waals surface area contributed by atoms with Crippen LogP contribution in [0, 0.1) is 0 Å². The summed E-state index contributed by atoms with van der Waals surface area (Å²) in [6.07, 6.45) is 4.32. The summed E-state index contributed by atoms with van der Waals surface area (Å²) < 4.78 is 1.95. The molecule has 5 nitrogen and oxygen atoms in total. The van der Waals surface area contributed by atoms with E-state index in [2.05, 4.69) is 22.1 Å². The summed E-state index contributed by atoms with van der Waals surface area (Å²) in [5, 5.41) is 3.08. The van der Waals surface area contributed by atoms with Gasteiger partial charge in [-0.15, -0.1) is 0 Å². The highest BCUT2D eigenvalue weighted by Gasteiger charge is 2.17. The number of aromatic nitrogens is 2. The molecule has 1 amide bonds. The van der Waals surface area contributed by atoms with Crippen molar-refractivity contribution in [3.63, 3.8) is 0 Å². The van der Waals surface area contributed by atoms with Crippen LogP contribution in [0.2, 0.25) is 0 Å². The molecule has 1 atom stereocenters. The Morgan fingerprint density at radius 3 is 2.90 bits per heavy atom. The molecular formula is C16H22N4O. The molecule has 3 rings (SSSR count). The fourth-order valence-electron chi connectivity index (χ4n) is 2.98. The van der Waals surface area contributed by atoms with Gasteiger partial charge in [-0.05, 0) is 51.1 Å². The Bertz CT molecular complexity index is 643. The minimum absolute atomic E-state index is 0.0192. The molecule has 2 aromatic rings. The average Bonchev–Trinajstić information content (AvgIpc) is 3.09.